The molecule has 1 aliphatic rings. The van der Waals surface area contributed by atoms with E-state index in [-0.39, 0.29) is 18.0 Å². The molecule has 1 amide bonds. The molecule has 0 bridgehead atoms. The number of carbonyl (C=O) groups excluding carboxylic acids is 2. The fraction of sp³-hybridized carbons (Fsp3) is 0.625. The van der Waals surface area contributed by atoms with Crippen LogP contribution in [0, 0.1) is 0 Å². The molecule has 2 heterocycles. The van der Waals surface area contributed by atoms with E-state index < -0.39 is 11.5 Å². The molecule has 1 aliphatic heterocycles. The molecule has 10 nitrogen and oxygen atoms in total. The van der Waals surface area contributed by atoms with Crippen molar-refractivity contribution in [3.63, 3.8) is 0 Å². The molecule has 3 rings (SSSR count). The van der Waals surface area contributed by atoms with Gasteiger partial charge in [0, 0.05) is 38.3 Å². The van der Waals surface area contributed by atoms with Crippen molar-refractivity contribution in [3.05, 3.63) is 40.8 Å². The average molecular weight is 473 g/mol. The monoisotopic (exact) mass is 472 g/mol. The van der Waals surface area contributed by atoms with Crippen LogP contribution in [-0.4, -0.2) is 68.8 Å². The summed E-state index contributed by atoms with van der Waals surface area (Å²) in [5, 5.41) is 8.00. The first-order chi connectivity index (χ1) is 16.5. The molecule has 0 radical (unpaired) electrons. The Balaban J connectivity index is 1.70. The zero-order chi connectivity index (χ0) is 24.6. The Hall–Kier alpha value is -3.01. The Bertz CT molecular complexity index is 994. The molecule has 1 saturated heterocycles. The highest BCUT2D eigenvalue weighted by Gasteiger charge is 2.49. The number of methoxy groups -OCH3 is 1. The zero-order valence-corrected chi connectivity index (χ0v) is 20.5. The maximum Gasteiger partial charge on any atom is 0.363 e. The van der Waals surface area contributed by atoms with E-state index in [4.69, 9.17) is 4.74 Å². The first-order valence-electron chi connectivity index (χ1n) is 12.2. The summed E-state index contributed by atoms with van der Waals surface area (Å²) in [6.07, 6.45) is 4.21. The summed E-state index contributed by atoms with van der Waals surface area (Å²) in [6, 6.07) is 9.30. The predicted octanol–water partition coefficient (Wildman–Crippen LogP) is 2.08. The van der Waals surface area contributed by atoms with Gasteiger partial charge in [-0.3, -0.25) is 9.69 Å². The number of amides is 1. The van der Waals surface area contributed by atoms with Crippen LogP contribution in [0.4, 0.5) is 5.69 Å². The molecule has 186 valence electrons. The van der Waals surface area contributed by atoms with Crippen molar-refractivity contribution in [2.24, 2.45) is 0 Å². The summed E-state index contributed by atoms with van der Waals surface area (Å²) >= 11 is 0. The van der Waals surface area contributed by atoms with E-state index in [1.807, 2.05) is 30.3 Å². The molecule has 2 aromatic rings. The molecular formula is C24H36N6O4. The van der Waals surface area contributed by atoms with Crippen LogP contribution in [0.15, 0.2) is 35.1 Å². The lowest BCUT2D eigenvalue weighted by Gasteiger charge is -2.46. The highest BCUT2D eigenvalue weighted by molar-refractivity contribution is 6.02. The van der Waals surface area contributed by atoms with Crippen molar-refractivity contribution in [3.8, 4) is 0 Å². The molecule has 1 aromatic carbocycles. The maximum atomic E-state index is 13.1. The molecule has 10 heteroatoms. The fourth-order valence-corrected chi connectivity index (χ4v) is 4.56. The highest BCUT2D eigenvalue weighted by Crippen LogP contribution is 2.35. The van der Waals surface area contributed by atoms with Gasteiger partial charge in [-0.1, -0.05) is 44.9 Å². The first-order valence-corrected chi connectivity index (χ1v) is 12.2. The lowest BCUT2D eigenvalue weighted by molar-refractivity contribution is -0.151. The summed E-state index contributed by atoms with van der Waals surface area (Å²) < 4.78 is 8.01. The number of anilines is 1. The van der Waals surface area contributed by atoms with E-state index in [2.05, 4.69) is 22.3 Å². The summed E-state index contributed by atoms with van der Waals surface area (Å²) in [6.45, 7) is 6.71. The van der Waals surface area contributed by atoms with Crippen molar-refractivity contribution in [1.29, 1.82) is 0 Å². The Labute approximate surface area is 200 Å². The second kappa shape index (κ2) is 11.9. The molecule has 1 aromatic heterocycles. The van der Waals surface area contributed by atoms with Gasteiger partial charge >= 0.3 is 11.7 Å². The van der Waals surface area contributed by atoms with E-state index in [0.29, 0.717) is 51.3 Å². The number of hydrogen-bond donors (Lipinski definition) is 0. The number of rotatable bonds is 11. The van der Waals surface area contributed by atoms with Gasteiger partial charge in [0.1, 0.15) is 5.54 Å². The summed E-state index contributed by atoms with van der Waals surface area (Å²) in [7, 11) is 1.37. The van der Waals surface area contributed by atoms with E-state index in [0.717, 1.165) is 19.3 Å². The SMILES string of the molecule is CCCCCn1nnn(CCN2CCC(C(=O)OC)(N(C(=O)CC)c3ccccc3)CC2)c1=O. The van der Waals surface area contributed by atoms with Gasteiger partial charge in [-0.2, -0.15) is 9.36 Å². The van der Waals surface area contributed by atoms with E-state index in [1.165, 1.54) is 16.5 Å². The van der Waals surface area contributed by atoms with Gasteiger partial charge < -0.3 is 9.64 Å². The van der Waals surface area contributed by atoms with Crippen LogP contribution in [0.25, 0.3) is 0 Å². The number of para-hydroxylation sites is 1. The molecule has 0 saturated carbocycles. The van der Waals surface area contributed by atoms with Crippen LogP contribution >= 0.6 is 0 Å². The molecule has 0 atom stereocenters. The third kappa shape index (κ3) is 5.55. The van der Waals surface area contributed by atoms with Gasteiger partial charge in [0.05, 0.1) is 13.7 Å². The number of ether oxygens (including phenoxy) is 1. The number of unbranched alkanes of at least 4 members (excludes halogenated alkanes) is 2. The fourth-order valence-electron chi connectivity index (χ4n) is 4.56. The third-order valence-electron chi connectivity index (χ3n) is 6.54. The standard InChI is InChI=1S/C24H36N6O4/c1-4-6-10-15-28-23(33)29(26-25-28)19-18-27-16-13-24(14-17-27,22(32)34-3)30(21(31)5-2)20-11-8-7-9-12-20/h7-9,11-12H,4-6,10,13-19H2,1-3H3. The van der Waals surface area contributed by atoms with Crippen LogP contribution in [0.5, 0.6) is 0 Å². The number of aromatic nitrogens is 4. The largest absolute Gasteiger partial charge is 0.467 e. The van der Waals surface area contributed by atoms with Crippen molar-refractivity contribution in [2.75, 3.05) is 31.6 Å². The van der Waals surface area contributed by atoms with Gasteiger partial charge in [-0.05, 0) is 41.8 Å². The minimum Gasteiger partial charge on any atom is -0.467 e. The second-order valence-electron chi connectivity index (χ2n) is 8.70. The summed E-state index contributed by atoms with van der Waals surface area (Å²) in [5.74, 6) is -0.514. The van der Waals surface area contributed by atoms with Gasteiger partial charge in [0.2, 0.25) is 5.91 Å². The van der Waals surface area contributed by atoms with Crippen LogP contribution in [0.1, 0.15) is 52.4 Å². The van der Waals surface area contributed by atoms with Gasteiger partial charge in [-0.25, -0.2) is 9.59 Å². The van der Waals surface area contributed by atoms with Crippen LogP contribution in [-0.2, 0) is 27.4 Å². The molecule has 0 unspecified atom stereocenters. The molecule has 1 fully saturated rings. The van der Waals surface area contributed by atoms with Crippen molar-refractivity contribution in [2.45, 2.75) is 71.0 Å². The molecular weight excluding hydrogens is 436 g/mol. The zero-order valence-electron chi connectivity index (χ0n) is 20.5. The Kier molecular flexibility index (Phi) is 8.98. The van der Waals surface area contributed by atoms with Crippen molar-refractivity contribution >= 4 is 17.6 Å². The van der Waals surface area contributed by atoms with Crippen LogP contribution < -0.4 is 10.6 Å². The number of aryl methyl sites for hydroxylation is 1. The smallest absolute Gasteiger partial charge is 0.363 e. The number of carbonyl (C=O) groups is 2. The van der Waals surface area contributed by atoms with Crippen LogP contribution in [0.3, 0.4) is 0 Å². The van der Waals surface area contributed by atoms with Crippen molar-refractivity contribution < 1.29 is 14.3 Å². The topological polar surface area (TPSA) is 103 Å². The molecule has 0 aliphatic carbocycles. The van der Waals surface area contributed by atoms with E-state index >= 15 is 0 Å². The Morgan fingerprint density at radius 3 is 2.24 bits per heavy atom. The average Bonchev–Trinajstić information content (AvgIpc) is 3.22. The number of benzene rings is 1. The number of esters is 1. The van der Waals surface area contributed by atoms with Gasteiger partial charge in [-0.15, -0.1) is 0 Å². The second-order valence-corrected chi connectivity index (χ2v) is 8.70. The third-order valence-corrected chi connectivity index (χ3v) is 6.54. The molecule has 0 N–H and O–H groups in total. The lowest BCUT2D eigenvalue weighted by Crippen LogP contribution is -2.62. The predicted molar refractivity (Wildman–Crippen MR) is 128 cm³/mol. The molecule has 34 heavy (non-hydrogen) atoms. The summed E-state index contributed by atoms with van der Waals surface area (Å²) in [5.41, 5.74) is -0.556. The molecule has 0 spiro atoms. The van der Waals surface area contributed by atoms with E-state index in [9.17, 15) is 14.4 Å². The number of tetrazole rings is 1. The van der Waals surface area contributed by atoms with E-state index in [1.54, 1.807) is 11.8 Å². The Morgan fingerprint density at radius 2 is 1.65 bits per heavy atom. The lowest BCUT2D eigenvalue weighted by atomic mass is 9.84. The number of hydrogen-bond acceptors (Lipinski definition) is 7. The normalized spacial score (nSPS) is 15.7. The highest BCUT2D eigenvalue weighted by atomic mass is 16.5. The first kappa shape index (κ1) is 25.6. The van der Waals surface area contributed by atoms with Gasteiger partial charge in [0.15, 0.2) is 0 Å². The van der Waals surface area contributed by atoms with Crippen molar-refractivity contribution in [1.82, 2.24) is 24.7 Å². The minimum atomic E-state index is -1.06. The number of likely N-dealkylation sites (tertiary alicyclic amines) is 1. The number of piperidine rings is 1. The minimum absolute atomic E-state index is 0.115. The Morgan fingerprint density at radius 1 is 1.00 bits per heavy atom. The van der Waals surface area contributed by atoms with Crippen LogP contribution in [0.2, 0.25) is 0 Å². The van der Waals surface area contributed by atoms with Gasteiger partial charge in [0.25, 0.3) is 0 Å². The summed E-state index contributed by atoms with van der Waals surface area (Å²) in [4.78, 5) is 42.4. The maximum absolute atomic E-state index is 13.1. The number of nitrogens with zero attached hydrogens (tertiary/aromatic N) is 6. The quantitative estimate of drug-likeness (QED) is 0.364.